The van der Waals surface area contributed by atoms with E-state index >= 15 is 0 Å². The standard InChI is InChI=1S/C33H57NO7/c1-17(2)7-6-8-18(3)20-9-10-21-25-22(12-14-32(20,21)4)33(5)13-11-19(15-23(33)27(36)29(25)38)40-31-26(34)30(39)28(37)24(16-35)41-31/h17-22,24-26,28-31,35-39H,6-16,34H2,1-5H3/t18-,19?,20-,21?,22?,24-,25?,26-,28-,29?,30-,31+,32-,33-/m1/s1. The molecule has 41 heavy (non-hydrogen) atoms. The monoisotopic (exact) mass is 579 g/mol. The number of aliphatic hydroxyl groups excluding tert-OH is 5. The summed E-state index contributed by atoms with van der Waals surface area (Å²) in [5, 5.41) is 53.4. The average molecular weight is 580 g/mol. The third kappa shape index (κ3) is 5.42. The molecule has 0 radical (unpaired) electrons. The van der Waals surface area contributed by atoms with Crippen molar-refractivity contribution in [1.82, 2.24) is 0 Å². The van der Waals surface area contributed by atoms with E-state index in [9.17, 15) is 25.5 Å². The van der Waals surface area contributed by atoms with E-state index < -0.39 is 43.4 Å². The van der Waals surface area contributed by atoms with E-state index in [1.807, 2.05) is 0 Å². The van der Waals surface area contributed by atoms with Crippen molar-refractivity contribution in [1.29, 1.82) is 0 Å². The predicted molar refractivity (Wildman–Crippen MR) is 157 cm³/mol. The summed E-state index contributed by atoms with van der Waals surface area (Å²) in [6.45, 7) is 11.4. The van der Waals surface area contributed by atoms with Crippen LogP contribution in [0.1, 0.15) is 98.8 Å². The Morgan fingerprint density at radius 2 is 1.71 bits per heavy atom. The number of fused-ring (bicyclic) bond motifs is 5. The van der Waals surface area contributed by atoms with Crippen LogP contribution in [0.2, 0.25) is 0 Å². The minimum Gasteiger partial charge on any atom is -0.510 e. The predicted octanol–water partition coefficient (Wildman–Crippen LogP) is 4.04. The largest absolute Gasteiger partial charge is 0.510 e. The van der Waals surface area contributed by atoms with Crippen LogP contribution >= 0.6 is 0 Å². The van der Waals surface area contributed by atoms with Gasteiger partial charge in [-0.05, 0) is 96.9 Å². The van der Waals surface area contributed by atoms with Gasteiger partial charge in [-0.3, -0.25) is 0 Å². The Bertz CT molecular complexity index is 956. The molecule has 0 spiro atoms. The highest BCUT2D eigenvalue weighted by Gasteiger charge is 2.63. The summed E-state index contributed by atoms with van der Waals surface area (Å²) >= 11 is 0. The number of aliphatic hydroxyl groups is 5. The molecule has 0 aromatic rings. The van der Waals surface area contributed by atoms with Gasteiger partial charge in [-0.25, -0.2) is 0 Å². The van der Waals surface area contributed by atoms with Crippen molar-refractivity contribution in [3.63, 3.8) is 0 Å². The zero-order valence-electron chi connectivity index (χ0n) is 25.9. The zero-order valence-corrected chi connectivity index (χ0v) is 25.9. The molecule has 14 atom stereocenters. The lowest BCUT2D eigenvalue weighted by Crippen LogP contribution is -2.63. The fraction of sp³-hybridized carbons (Fsp3) is 0.939. The number of hydrogen-bond donors (Lipinski definition) is 6. The van der Waals surface area contributed by atoms with Crippen LogP contribution in [-0.4, -0.2) is 75.0 Å². The first-order chi connectivity index (χ1) is 19.3. The van der Waals surface area contributed by atoms with E-state index in [1.165, 1.54) is 32.1 Å². The van der Waals surface area contributed by atoms with Crippen molar-refractivity contribution in [2.75, 3.05) is 6.61 Å². The molecule has 5 aliphatic rings. The van der Waals surface area contributed by atoms with Crippen LogP contribution in [0.4, 0.5) is 0 Å². The maximum atomic E-state index is 11.7. The van der Waals surface area contributed by atoms with Crippen molar-refractivity contribution in [3.05, 3.63) is 11.3 Å². The van der Waals surface area contributed by atoms with E-state index in [0.717, 1.165) is 37.2 Å². The number of ether oxygens (including phenoxy) is 2. The molecular formula is C33H57NO7. The van der Waals surface area contributed by atoms with Gasteiger partial charge in [0, 0.05) is 0 Å². The fourth-order valence-electron chi connectivity index (χ4n) is 10.3. The van der Waals surface area contributed by atoms with Crippen molar-refractivity contribution in [2.24, 2.45) is 52.1 Å². The van der Waals surface area contributed by atoms with E-state index in [4.69, 9.17) is 15.2 Å². The molecule has 7 N–H and O–H groups in total. The second-order valence-electron chi connectivity index (χ2n) is 15.3. The summed E-state index contributed by atoms with van der Waals surface area (Å²) in [4.78, 5) is 0. The Balaban J connectivity index is 1.31. The Labute approximate surface area is 246 Å². The molecule has 5 unspecified atom stereocenters. The normalized spacial score (nSPS) is 49.0. The summed E-state index contributed by atoms with van der Waals surface area (Å²) in [5.74, 6) is 3.05. The third-order valence-electron chi connectivity index (χ3n) is 12.7. The van der Waals surface area contributed by atoms with Gasteiger partial charge in [0.05, 0.1) is 18.8 Å². The van der Waals surface area contributed by atoms with Crippen LogP contribution in [0.5, 0.6) is 0 Å². The average Bonchev–Trinajstić information content (AvgIpc) is 3.29. The SMILES string of the molecule is CC(C)CCC[C@@H](C)[C@H]1CCC2C3C(O)C(O)=C4CC(O[C@H]5O[C@H](CO)[C@@H](O)[C@H](O)[C@H]5N)CC[C@]4(C)C3CC[C@@]21C. The van der Waals surface area contributed by atoms with E-state index in [0.29, 0.717) is 30.1 Å². The molecule has 4 aliphatic carbocycles. The van der Waals surface area contributed by atoms with Crippen molar-refractivity contribution >= 4 is 0 Å². The van der Waals surface area contributed by atoms with Gasteiger partial charge in [0.1, 0.15) is 30.2 Å². The van der Waals surface area contributed by atoms with Gasteiger partial charge in [-0.2, -0.15) is 0 Å². The molecule has 0 amide bonds. The highest BCUT2D eigenvalue weighted by molar-refractivity contribution is 5.31. The second-order valence-corrected chi connectivity index (χ2v) is 15.3. The van der Waals surface area contributed by atoms with Crippen molar-refractivity contribution in [3.8, 4) is 0 Å². The van der Waals surface area contributed by atoms with Gasteiger partial charge < -0.3 is 40.7 Å². The molecular weight excluding hydrogens is 522 g/mol. The van der Waals surface area contributed by atoms with Gasteiger partial charge in [-0.15, -0.1) is 0 Å². The summed E-state index contributed by atoms with van der Waals surface area (Å²) in [6, 6.07) is -0.955. The molecule has 1 saturated heterocycles. The minimum absolute atomic E-state index is 0.0740. The Hall–Kier alpha value is -0.740. The first kappa shape index (κ1) is 31.7. The summed E-state index contributed by atoms with van der Waals surface area (Å²) in [6.07, 6.45) is 4.85. The number of rotatable bonds is 8. The molecule has 0 aromatic heterocycles. The lowest BCUT2D eigenvalue weighted by atomic mass is 9.46. The first-order valence-corrected chi connectivity index (χ1v) is 16.5. The molecule has 0 aromatic carbocycles. The summed E-state index contributed by atoms with van der Waals surface area (Å²) < 4.78 is 11.9. The lowest BCUT2D eigenvalue weighted by molar-refractivity contribution is -0.280. The topological polar surface area (TPSA) is 146 Å². The summed E-state index contributed by atoms with van der Waals surface area (Å²) in [5.41, 5.74) is 7.03. The van der Waals surface area contributed by atoms with Crippen molar-refractivity contribution in [2.45, 2.75) is 142 Å². The van der Waals surface area contributed by atoms with E-state index in [-0.39, 0.29) is 28.6 Å². The molecule has 8 heteroatoms. The Morgan fingerprint density at radius 1 is 0.976 bits per heavy atom. The van der Waals surface area contributed by atoms with Crippen LogP contribution in [0.15, 0.2) is 11.3 Å². The van der Waals surface area contributed by atoms with Gasteiger partial charge in [0.15, 0.2) is 6.29 Å². The van der Waals surface area contributed by atoms with E-state index in [1.54, 1.807) is 0 Å². The zero-order chi connectivity index (χ0) is 29.9. The second kappa shape index (κ2) is 12.0. The smallest absolute Gasteiger partial charge is 0.176 e. The summed E-state index contributed by atoms with van der Waals surface area (Å²) in [7, 11) is 0. The van der Waals surface area contributed by atoms with Crippen molar-refractivity contribution < 1.29 is 35.0 Å². The number of hydrogen-bond acceptors (Lipinski definition) is 8. The molecule has 5 rings (SSSR count). The highest BCUT2D eigenvalue weighted by Crippen LogP contribution is 2.68. The third-order valence-corrected chi connectivity index (χ3v) is 12.7. The van der Waals surface area contributed by atoms with Gasteiger partial charge in [0.25, 0.3) is 0 Å². The Morgan fingerprint density at radius 3 is 2.39 bits per heavy atom. The Kier molecular flexibility index (Phi) is 9.26. The molecule has 1 aliphatic heterocycles. The maximum Gasteiger partial charge on any atom is 0.176 e. The van der Waals surface area contributed by atoms with E-state index in [2.05, 4.69) is 34.6 Å². The molecule has 236 valence electrons. The quantitative estimate of drug-likeness (QED) is 0.253. The molecule has 1 heterocycles. The van der Waals surface area contributed by atoms with Gasteiger partial charge in [0.2, 0.25) is 0 Å². The highest BCUT2D eigenvalue weighted by atomic mass is 16.7. The van der Waals surface area contributed by atoms with Crippen LogP contribution in [0.25, 0.3) is 0 Å². The molecule has 0 bridgehead atoms. The fourth-order valence-corrected chi connectivity index (χ4v) is 10.3. The number of nitrogens with two attached hydrogens (primary N) is 1. The van der Waals surface area contributed by atoms with Gasteiger partial charge in [-0.1, -0.05) is 53.9 Å². The molecule has 4 fully saturated rings. The lowest BCUT2D eigenvalue weighted by Gasteiger charge is -2.60. The van der Waals surface area contributed by atoms with Crippen LogP contribution in [0, 0.1) is 46.3 Å². The maximum absolute atomic E-state index is 11.7. The molecule has 3 saturated carbocycles. The minimum atomic E-state index is -1.28. The van der Waals surface area contributed by atoms with Crippen LogP contribution in [-0.2, 0) is 9.47 Å². The van der Waals surface area contributed by atoms with Crippen LogP contribution in [0.3, 0.4) is 0 Å². The van der Waals surface area contributed by atoms with Gasteiger partial charge >= 0.3 is 0 Å². The van der Waals surface area contributed by atoms with Crippen LogP contribution < -0.4 is 5.73 Å². The molecule has 8 nitrogen and oxygen atoms in total. The first-order valence-electron chi connectivity index (χ1n) is 16.5.